The zero-order chi connectivity index (χ0) is 13.9. The van der Waals surface area contributed by atoms with Crippen molar-refractivity contribution < 1.29 is 9.21 Å². The number of piperazine rings is 1. The van der Waals surface area contributed by atoms with Crippen molar-refractivity contribution in [3.63, 3.8) is 0 Å². The maximum absolute atomic E-state index is 12.2. The van der Waals surface area contributed by atoms with Crippen LogP contribution in [0.4, 0.5) is 5.82 Å². The predicted octanol–water partition coefficient (Wildman–Crippen LogP) is 1.79. The van der Waals surface area contributed by atoms with Gasteiger partial charge in [0.2, 0.25) is 0 Å². The molecule has 3 heterocycles. The topological polar surface area (TPSA) is 62.5 Å². The van der Waals surface area contributed by atoms with Crippen LogP contribution in [0.2, 0.25) is 0 Å². The lowest BCUT2D eigenvalue weighted by Crippen LogP contribution is -2.49. The van der Waals surface area contributed by atoms with Gasteiger partial charge in [0.1, 0.15) is 5.82 Å². The van der Waals surface area contributed by atoms with Crippen molar-refractivity contribution in [1.82, 2.24) is 14.9 Å². The van der Waals surface area contributed by atoms with Crippen LogP contribution in [-0.2, 0) is 0 Å². The summed E-state index contributed by atoms with van der Waals surface area (Å²) in [5.74, 6) is 1.14. The molecule has 0 radical (unpaired) electrons. The Labute approximate surface area is 124 Å². The minimum atomic E-state index is -0.0745. The number of furan rings is 1. The first kappa shape index (κ1) is 13.1. The van der Waals surface area contributed by atoms with E-state index in [0.29, 0.717) is 23.5 Å². The van der Waals surface area contributed by atoms with Crippen LogP contribution in [0, 0.1) is 0 Å². The molecule has 1 aliphatic rings. The number of rotatable bonds is 2. The Hall–Kier alpha value is -1.89. The molecule has 7 heteroatoms. The number of hydrogen-bond donors (Lipinski definition) is 0. The van der Waals surface area contributed by atoms with Gasteiger partial charge in [-0.25, -0.2) is 4.98 Å². The standard InChI is InChI=1S/C13H13BrN4O2/c14-11-2-1-10(20-11)13(19)18-7-5-17(6-8-18)12-9-15-3-4-16-12/h1-4,9H,5-8H2. The van der Waals surface area contributed by atoms with Gasteiger partial charge in [0.05, 0.1) is 6.20 Å². The quantitative estimate of drug-likeness (QED) is 0.836. The van der Waals surface area contributed by atoms with Crippen LogP contribution in [0.5, 0.6) is 0 Å². The molecule has 2 aromatic heterocycles. The Morgan fingerprint density at radius 1 is 1.20 bits per heavy atom. The molecule has 1 amide bonds. The molecule has 0 saturated carbocycles. The molecule has 0 unspecified atom stereocenters. The molecule has 1 fully saturated rings. The van der Waals surface area contributed by atoms with E-state index in [2.05, 4.69) is 30.8 Å². The summed E-state index contributed by atoms with van der Waals surface area (Å²) in [6, 6.07) is 3.41. The van der Waals surface area contributed by atoms with Crippen LogP contribution in [0.25, 0.3) is 0 Å². The highest BCUT2D eigenvalue weighted by molar-refractivity contribution is 9.10. The Kier molecular flexibility index (Phi) is 3.68. The molecule has 1 aliphatic heterocycles. The van der Waals surface area contributed by atoms with Crippen molar-refractivity contribution >= 4 is 27.7 Å². The third kappa shape index (κ3) is 2.67. The molecule has 0 N–H and O–H groups in total. The largest absolute Gasteiger partial charge is 0.444 e. The number of aromatic nitrogens is 2. The highest BCUT2D eigenvalue weighted by atomic mass is 79.9. The van der Waals surface area contributed by atoms with Gasteiger partial charge in [0, 0.05) is 38.6 Å². The molecule has 1 saturated heterocycles. The second-order valence-electron chi connectivity index (χ2n) is 4.45. The van der Waals surface area contributed by atoms with E-state index >= 15 is 0 Å². The van der Waals surface area contributed by atoms with E-state index in [1.165, 1.54) is 0 Å². The minimum absolute atomic E-state index is 0.0745. The van der Waals surface area contributed by atoms with E-state index in [4.69, 9.17) is 4.42 Å². The van der Waals surface area contributed by atoms with Crippen LogP contribution in [0.15, 0.2) is 39.8 Å². The smallest absolute Gasteiger partial charge is 0.289 e. The fourth-order valence-corrected chi connectivity index (χ4v) is 2.48. The van der Waals surface area contributed by atoms with Crippen molar-refractivity contribution in [1.29, 1.82) is 0 Å². The van der Waals surface area contributed by atoms with E-state index in [1.54, 1.807) is 35.6 Å². The first-order valence-electron chi connectivity index (χ1n) is 6.29. The maximum atomic E-state index is 12.2. The Morgan fingerprint density at radius 2 is 2.00 bits per heavy atom. The van der Waals surface area contributed by atoms with Crippen LogP contribution >= 0.6 is 15.9 Å². The average Bonchev–Trinajstić information content (AvgIpc) is 2.94. The van der Waals surface area contributed by atoms with E-state index in [9.17, 15) is 4.79 Å². The lowest BCUT2D eigenvalue weighted by Gasteiger charge is -2.34. The number of carbonyl (C=O) groups is 1. The molecule has 0 bridgehead atoms. The monoisotopic (exact) mass is 336 g/mol. The summed E-state index contributed by atoms with van der Waals surface area (Å²) >= 11 is 3.20. The van der Waals surface area contributed by atoms with Crippen LogP contribution in [-0.4, -0.2) is 47.0 Å². The number of halogens is 1. The van der Waals surface area contributed by atoms with Crippen molar-refractivity contribution in [2.45, 2.75) is 0 Å². The van der Waals surface area contributed by atoms with E-state index < -0.39 is 0 Å². The molecule has 0 aromatic carbocycles. The van der Waals surface area contributed by atoms with E-state index in [-0.39, 0.29) is 5.91 Å². The zero-order valence-electron chi connectivity index (χ0n) is 10.7. The fourth-order valence-electron chi connectivity index (χ4n) is 2.18. The first-order chi connectivity index (χ1) is 9.74. The third-order valence-electron chi connectivity index (χ3n) is 3.22. The van der Waals surface area contributed by atoms with Crippen molar-refractivity contribution in [3.05, 3.63) is 41.2 Å². The summed E-state index contributed by atoms with van der Waals surface area (Å²) in [7, 11) is 0. The summed E-state index contributed by atoms with van der Waals surface area (Å²) in [6.45, 7) is 2.78. The van der Waals surface area contributed by atoms with E-state index in [0.717, 1.165) is 18.9 Å². The normalized spacial score (nSPS) is 15.4. The summed E-state index contributed by atoms with van der Waals surface area (Å²) in [4.78, 5) is 24.5. The van der Waals surface area contributed by atoms with Crippen molar-refractivity contribution in [2.24, 2.45) is 0 Å². The number of anilines is 1. The predicted molar refractivity (Wildman–Crippen MR) is 76.6 cm³/mol. The molecular formula is C13H13BrN4O2. The molecule has 3 rings (SSSR count). The van der Waals surface area contributed by atoms with Gasteiger partial charge in [-0.2, -0.15) is 0 Å². The minimum Gasteiger partial charge on any atom is -0.444 e. The van der Waals surface area contributed by atoms with Gasteiger partial charge in [-0.3, -0.25) is 9.78 Å². The Bertz CT molecular complexity index is 593. The van der Waals surface area contributed by atoms with Crippen molar-refractivity contribution in [2.75, 3.05) is 31.1 Å². The third-order valence-corrected chi connectivity index (χ3v) is 3.65. The fraction of sp³-hybridized carbons (Fsp3) is 0.308. The molecule has 20 heavy (non-hydrogen) atoms. The Morgan fingerprint density at radius 3 is 2.60 bits per heavy atom. The summed E-state index contributed by atoms with van der Waals surface area (Å²) < 4.78 is 5.87. The van der Waals surface area contributed by atoms with Gasteiger partial charge in [0.15, 0.2) is 10.4 Å². The average molecular weight is 337 g/mol. The van der Waals surface area contributed by atoms with E-state index in [1.807, 2.05) is 0 Å². The van der Waals surface area contributed by atoms with Crippen LogP contribution < -0.4 is 4.90 Å². The molecule has 104 valence electrons. The second kappa shape index (κ2) is 5.62. The number of carbonyl (C=O) groups excluding carboxylic acids is 1. The lowest BCUT2D eigenvalue weighted by atomic mass is 10.3. The molecular weight excluding hydrogens is 324 g/mol. The number of amides is 1. The van der Waals surface area contributed by atoms with Gasteiger partial charge in [-0.1, -0.05) is 0 Å². The SMILES string of the molecule is O=C(c1ccc(Br)o1)N1CCN(c2cnccn2)CC1. The van der Waals surface area contributed by atoms with Crippen molar-refractivity contribution in [3.8, 4) is 0 Å². The molecule has 0 aliphatic carbocycles. The van der Waals surface area contributed by atoms with Gasteiger partial charge in [-0.05, 0) is 28.1 Å². The number of hydrogen-bond acceptors (Lipinski definition) is 5. The summed E-state index contributed by atoms with van der Waals surface area (Å²) in [5, 5.41) is 0. The lowest BCUT2D eigenvalue weighted by molar-refractivity contribution is 0.0713. The van der Waals surface area contributed by atoms with Crippen LogP contribution in [0.1, 0.15) is 10.6 Å². The first-order valence-corrected chi connectivity index (χ1v) is 7.09. The zero-order valence-corrected chi connectivity index (χ0v) is 12.3. The van der Waals surface area contributed by atoms with Gasteiger partial charge < -0.3 is 14.2 Å². The van der Waals surface area contributed by atoms with Gasteiger partial charge in [0.25, 0.3) is 5.91 Å². The highest BCUT2D eigenvalue weighted by Gasteiger charge is 2.24. The molecule has 0 spiro atoms. The van der Waals surface area contributed by atoms with Gasteiger partial charge >= 0.3 is 0 Å². The second-order valence-corrected chi connectivity index (χ2v) is 5.23. The molecule has 2 aromatic rings. The van der Waals surface area contributed by atoms with Gasteiger partial charge in [-0.15, -0.1) is 0 Å². The highest BCUT2D eigenvalue weighted by Crippen LogP contribution is 2.18. The summed E-state index contributed by atoms with van der Waals surface area (Å²) in [5.41, 5.74) is 0. The summed E-state index contributed by atoms with van der Waals surface area (Å²) in [6.07, 6.45) is 5.06. The number of nitrogens with zero attached hydrogens (tertiary/aromatic N) is 4. The molecule has 0 atom stereocenters. The Balaban J connectivity index is 1.63. The molecule has 6 nitrogen and oxygen atoms in total. The van der Waals surface area contributed by atoms with Crippen LogP contribution in [0.3, 0.4) is 0 Å². The maximum Gasteiger partial charge on any atom is 0.289 e.